The first-order valence-electron chi connectivity index (χ1n) is 16.7. The van der Waals surface area contributed by atoms with Crippen LogP contribution in [-0.4, -0.2) is 6.72 Å². The third kappa shape index (κ3) is 11.2. The summed E-state index contributed by atoms with van der Waals surface area (Å²) in [7, 11) is 0. The SMILES string of the molecule is C=N.N/C(=C\Cc1ccccc1)c1ccc(-c2ccc3ccccc3c2Cc2ccccc2)cc1.NCc1ccccc1.Nc1ccccc1. The van der Waals surface area contributed by atoms with Gasteiger partial charge in [0.15, 0.2) is 0 Å². The van der Waals surface area contributed by atoms with Crippen molar-refractivity contribution in [3.63, 3.8) is 0 Å². The first-order valence-corrected chi connectivity index (χ1v) is 16.7. The Hall–Kier alpha value is -6.23. The highest BCUT2D eigenvalue weighted by Crippen LogP contribution is 2.33. The molecule has 4 nitrogen and oxygen atoms in total. The number of fused-ring (bicyclic) bond motifs is 1. The van der Waals surface area contributed by atoms with Crippen LogP contribution in [0.1, 0.15) is 27.8 Å². The maximum absolute atomic E-state index is 6.40. The van der Waals surface area contributed by atoms with Gasteiger partial charge in [-0.1, -0.05) is 176 Å². The zero-order valence-corrected chi connectivity index (χ0v) is 28.5. The molecule has 7 aromatic carbocycles. The number of nitrogen functional groups attached to an aromatic ring is 1. The summed E-state index contributed by atoms with van der Waals surface area (Å²) in [6.07, 6.45) is 3.83. The molecule has 0 aliphatic rings. The van der Waals surface area contributed by atoms with Crippen LogP contribution in [0, 0.1) is 5.41 Å². The van der Waals surface area contributed by atoms with E-state index in [4.69, 9.17) is 22.6 Å². The number of para-hydroxylation sites is 1. The molecule has 0 saturated carbocycles. The van der Waals surface area contributed by atoms with Crippen LogP contribution in [0.3, 0.4) is 0 Å². The number of rotatable bonds is 7. The molecule has 50 heavy (non-hydrogen) atoms. The van der Waals surface area contributed by atoms with E-state index in [2.05, 4.69) is 128 Å². The lowest BCUT2D eigenvalue weighted by molar-refractivity contribution is 1.07. The van der Waals surface area contributed by atoms with E-state index in [1.54, 1.807) is 0 Å². The zero-order chi connectivity index (χ0) is 35.4. The van der Waals surface area contributed by atoms with Crippen LogP contribution in [-0.2, 0) is 19.4 Å². The summed E-state index contributed by atoms with van der Waals surface area (Å²) < 4.78 is 0. The molecule has 0 bridgehead atoms. The van der Waals surface area contributed by atoms with E-state index in [-0.39, 0.29) is 0 Å². The molecule has 0 aliphatic heterocycles. The third-order valence-electron chi connectivity index (χ3n) is 8.07. The topological polar surface area (TPSA) is 102 Å². The van der Waals surface area contributed by atoms with Gasteiger partial charge < -0.3 is 22.6 Å². The van der Waals surface area contributed by atoms with Gasteiger partial charge in [-0.3, -0.25) is 0 Å². The van der Waals surface area contributed by atoms with Gasteiger partial charge in [0.1, 0.15) is 0 Å². The van der Waals surface area contributed by atoms with E-state index >= 15 is 0 Å². The van der Waals surface area contributed by atoms with Gasteiger partial charge in [0, 0.05) is 17.9 Å². The molecule has 0 fully saturated rings. The van der Waals surface area contributed by atoms with Gasteiger partial charge in [-0.2, -0.15) is 0 Å². The van der Waals surface area contributed by atoms with E-state index in [1.165, 1.54) is 44.2 Å². The number of hydrogen-bond acceptors (Lipinski definition) is 4. The predicted octanol–water partition coefficient (Wildman–Crippen LogP) is 10.3. The van der Waals surface area contributed by atoms with Gasteiger partial charge >= 0.3 is 0 Å². The van der Waals surface area contributed by atoms with Crippen molar-refractivity contribution in [1.82, 2.24) is 0 Å². The fraction of sp³-hybridized carbons (Fsp3) is 0.0652. The van der Waals surface area contributed by atoms with E-state index in [0.717, 1.165) is 29.8 Å². The van der Waals surface area contributed by atoms with Crippen molar-refractivity contribution in [2.24, 2.45) is 11.5 Å². The molecular weight excluding hydrogens is 609 g/mol. The second-order valence-corrected chi connectivity index (χ2v) is 11.5. The highest BCUT2D eigenvalue weighted by Gasteiger charge is 2.11. The molecular formula is C46H46N4. The molecule has 0 spiro atoms. The Kier molecular flexibility index (Phi) is 14.8. The summed E-state index contributed by atoms with van der Waals surface area (Å²) in [5.74, 6) is 0. The highest BCUT2D eigenvalue weighted by atomic mass is 14.6. The minimum absolute atomic E-state index is 0.640. The monoisotopic (exact) mass is 654 g/mol. The Morgan fingerprint density at radius 3 is 1.56 bits per heavy atom. The first kappa shape index (κ1) is 36.6. The molecule has 0 aromatic heterocycles. The Morgan fingerprint density at radius 2 is 1.04 bits per heavy atom. The highest BCUT2D eigenvalue weighted by molar-refractivity contribution is 5.92. The molecule has 0 aliphatic carbocycles. The number of nitrogens with two attached hydrogens (primary N) is 3. The van der Waals surface area contributed by atoms with Gasteiger partial charge in [0.05, 0.1) is 0 Å². The fourth-order valence-electron chi connectivity index (χ4n) is 5.47. The summed E-state index contributed by atoms with van der Waals surface area (Å²) in [5.41, 5.74) is 27.4. The standard InChI is InChI=1S/C32H27N.C7H9N.C6H7N.CH3N/c33-32(22-15-24-9-3-1-4-10-24)28-18-16-27(17-19-28)30-21-20-26-13-7-8-14-29(26)31(30)23-25-11-5-2-6-12-25;8-6-7-4-2-1-3-5-7;7-6-4-2-1-3-5-6;1-2/h1-14,16-22H,15,23,33H2;1-5H,6,8H2;1-5H,7H2;2H,1H2/b32-22-;;;. The van der Waals surface area contributed by atoms with Crippen molar-refractivity contribution in [1.29, 1.82) is 5.41 Å². The molecule has 0 amide bonds. The summed E-state index contributed by atoms with van der Waals surface area (Å²) in [5, 5.41) is 8.09. The normalized spacial score (nSPS) is 10.4. The molecule has 7 N–H and O–H groups in total. The molecule has 0 radical (unpaired) electrons. The Balaban J connectivity index is 0.000000270. The van der Waals surface area contributed by atoms with Gasteiger partial charge in [0.2, 0.25) is 0 Å². The summed E-state index contributed by atoms with van der Waals surface area (Å²) in [6.45, 7) is 3.14. The number of nitrogens with one attached hydrogen (secondary N) is 1. The van der Waals surface area contributed by atoms with Crippen molar-refractivity contribution in [3.05, 3.63) is 216 Å². The molecule has 0 heterocycles. The van der Waals surface area contributed by atoms with Crippen molar-refractivity contribution in [2.75, 3.05) is 5.73 Å². The van der Waals surface area contributed by atoms with Crippen molar-refractivity contribution >= 4 is 28.9 Å². The van der Waals surface area contributed by atoms with E-state index in [9.17, 15) is 0 Å². The van der Waals surface area contributed by atoms with Crippen LogP contribution in [0.15, 0.2) is 188 Å². The van der Waals surface area contributed by atoms with Crippen LogP contribution in [0.2, 0.25) is 0 Å². The second-order valence-electron chi connectivity index (χ2n) is 11.5. The van der Waals surface area contributed by atoms with Crippen LogP contribution >= 0.6 is 0 Å². The number of anilines is 1. The predicted molar refractivity (Wildman–Crippen MR) is 216 cm³/mol. The van der Waals surface area contributed by atoms with Crippen molar-refractivity contribution in [3.8, 4) is 11.1 Å². The summed E-state index contributed by atoms with van der Waals surface area (Å²) in [6, 6.07) is 62.4. The van der Waals surface area contributed by atoms with Crippen LogP contribution in [0.5, 0.6) is 0 Å². The number of hydrogen-bond donors (Lipinski definition) is 4. The third-order valence-corrected chi connectivity index (χ3v) is 8.07. The minimum Gasteiger partial charge on any atom is -0.399 e. The maximum atomic E-state index is 6.40. The number of allylic oxidation sites excluding steroid dienone is 1. The van der Waals surface area contributed by atoms with E-state index in [0.29, 0.717) is 6.54 Å². The largest absolute Gasteiger partial charge is 0.399 e. The van der Waals surface area contributed by atoms with Crippen LogP contribution in [0.4, 0.5) is 5.69 Å². The molecule has 7 aromatic rings. The van der Waals surface area contributed by atoms with E-state index in [1.807, 2.05) is 66.7 Å². The fourth-order valence-corrected chi connectivity index (χ4v) is 5.47. The smallest absolute Gasteiger partial charge is 0.0350 e. The quantitative estimate of drug-likeness (QED) is 0.102. The first-order chi connectivity index (χ1) is 24.6. The molecule has 0 unspecified atom stereocenters. The maximum Gasteiger partial charge on any atom is 0.0350 e. The van der Waals surface area contributed by atoms with Crippen LogP contribution in [0.25, 0.3) is 27.6 Å². The Labute approximate surface area is 297 Å². The average Bonchev–Trinajstić information content (AvgIpc) is 3.20. The lowest BCUT2D eigenvalue weighted by Gasteiger charge is -2.15. The molecule has 7 rings (SSSR count). The van der Waals surface area contributed by atoms with Gasteiger partial charge in [-0.25, -0.2) is 0 Å². The van der Waals surface area contributed by atoms with E-state index < -0.39 is 0 Å². The summed E-state index contributed by atoms with van der Waals surface area (Å²) >= 11 is 0. The lowest BCUT2D eigenvalue weighted by Crippen LogP contribution is -1.98. The minimum atomic E-state index is 0.640. The Bertz CT molecular complexity index is 2010. The second kappa shape index (κ2) is 20.2. The zero-order valence-electron chi connectivity index (χ0n) is 28.5. The Morgan fingerprint density at radius 1 is 0.540 bits per heavy atom. The molecule has 250 valence electrons. The van der Waals surface area contributed by atoms with Gasteiger partial charge in [-0.05, 0) is 81.4 Å². The van der Waals surface area contributed by atoms with Gasteiger partial charge in [0.25, 0.3) is 0 Å². The molecule has 0 saturated heterocycles. The van der Waals surface area contributed by atoms with Crippen LogP contribution < -0.4 is 17.2 Å². The number of benzene rings is 7. The lowest BCUT2D eigenvalue weighted by atomic mass is 9.90. The van der Waals surface area contributed by atoms with Crippen molar-refractivity contribution in [2.45, 2.75) is 19.4 Å². The summed E-state index contributed by atoms with van der Waals surface area (Å²) in [4.78, 5) is 0. The molecule has 0 atom stereocenters. The van der Waals surface area contributed by atoms with Crippen molar-refractivity contribution < 1.29 is 0 Å². The average molecular weight is 655 g/mol. The molecule has 4 heteroatoms. The van der Waals surface area contributed by atoms with Gasteiger partial charge in [-0.15, -0.1) is 0 Å².